The first-order valence-corrected chi connectivity index (χ1v) is 10.4. The summed E-state index contributed by atoms with van der Waals surface area (Å²) in [6.07, 6.45) is 3.81. The molecule has 1 saturated heterocycles. The number of nitrogens with two attached hydrogens (primary N) is 1. The lowest BCUT2D eigenvalue weighted by Gasteiger charge is -2.50. The number of β-lactam (4-membered cyclic amide) rings is 1. The number of aliphatic carboxylic acids is 1. The number of carboxylic acids is 1. The van der Waals surface area contributed by atoms with Gasteiger partial charge < -0.3 is 21.4 Å². The Hall–Kier alpha value is -3.59. The minimum absolute atomic E-state index is 0.0767. The van der Waals surface area contributed by atoms with Gasteiger partial charge in [0.2, 0.25) is 11.5 Å². The van der Waals surface area contributed by atoms with E-state index in [0.29, 0.717) is 22.6 Å². The highest BCUT2D eigenvalue weighted by Crippen LogP contribution is 2.42. The Kier molecular flexibility index (Phi) is 5.51. The molecule has 0 aromatic carbocycles. The molecule has 13 nitrogen and oxygen atoms in total. The number of rotatable bonds is 6. The third-order valence-electron chi connectivity index (χ3n) is 4.65. The van der Waals surface area contributed by atoms with Gasteiger partial charge in [-0.25, -0.2) is 4.79 Å². The molecule has 1 fully saturated rings. The lowest BCUT2D eigenvalue weighted by atomic mass is 9.86. The van der Waals surface area contributed by atoms with E-state index in [1.165, 1.54) is 29.1 Å². The molecule has 4 rings (SSSR count). The van der Waals surface area contributed by atoms with Crippen molar-refractivity contribution in [1.82, 2.24) is 29.8 Å². The summed E-state index contributed by atoms with van der Waals surface area (Å²) in [4.78, 5) is 43.3. The number of fused-ring (bicyclic) bond motifs is 1. The van der Waals surface area contributed by atoms with Crippen LogP contribution in [0.25, 0.3) is 0 Å². The van der Waals surface area contributed by atoms with E-state index >= 15 is 0 Å². The molecule has 2 aromatic heterocycles. The Bertz CT molecular complexity index is 1120. The Morgan fingerprint density at radius 3 is 2.81 bits per heavy atom. The molecule has 160 valence electrons. The molecular formula is C16H14N8O5S2. The van der Waals surface area contributed by atoms with Crippen molar-refractivity contribution < 1.29 is 24.7 Å². The van der Waals surface area contributed by atoms with Crippen molar-refractivity contribution in [3.8, 4) is 0 Å². The Labute approximate surface area is 182 Å². The van der Waals surface area contributed by atoms with E-state index in [1.54, 1.807) is 6.07 Å². The third-order valence-corrected chi connectivity index (χ3v) is 6.31. The summed E-state index contributed by atoms with van der Waals surface area (Å²) in [7, 11) is 0. The first-order chi connectivity index (χ1) is 14.9. The molecule has 2 atom stereocenters. The number of carbonyl (C=O) groups excluding carboxylic acids is 2. The predicted molar refractivity (Wildman–Crippen MR) is 107 cm³/mol. The molecule has 0 radical (unpaired) electrons. The number of carbonyl (C=O) groups is 3. The number of aromatic nitrogens is 4. The maximum Gasteiger partial charge on any atom is 0.353 e. The quantitative estimate of drug-likeness (QED) is 0.190. The van der Waals surface area contributed by atoms with Crippen molar-refractivity contribution in [3.63, 3.8) is 0 Å². The van der Waals surface area contributed by atoms with E-state index in [-0.39, 0.29) is 16.7 Å². The first kappa shape index (κ1) is 20.7. The van der Waals surface area contributed by atoms with Crippen LogP contribution in [0.4, 0.5) is 5.13 Å². The van der Waals surface area contributed by atoms with Crippen molar-refractivity contribution in [2.24, 2.45) is 5.16 Å². The van der Waals surface area contributed by atoms with Crippen molar-refractivity contribution in [2.75, 3.05) is 5.73 Å². The number of nitrogens with one attached hydrogen (secondary N) is 1. The molecular weight excluding hydrogens is 448 g/mol. The monoisotopic (exact) mass is 462 g/mol. The second kappa shape index (κ2) is 8.27. The highest BCUT2D eigenvalue weighted by molar-refractivity contribution is 8.03. The maximum atomic E-state index is 12.7. The molecule has 2 amide bonds. The summed E-state index contributed by atoms with van der Waals surface area (Å²) < 4.78 is 3.81. The van der Waals surface area contributed by atoms with Gasteiger partial charge in [-0.3, -0.25) is 14.5 Å². The van der Waals surface area contributed by atoms with Crippen LogP contribution >= 0.6 is 23.3 Å². The van der Waals surface area contributed by atoms with Crippen molar-refractivity contribution in [2.45, 2.75) is 29.8 Å². The molecule has 2 aromatic rings. The molecule has 0 saturated carbocycles. The van der Waals surface area contributed by atoms with Gasteiger partial charge in [-0.05, 0) is 18.9 Å². The summed E-state index contributed by atoms with van der Waals surface area (Å²) in [5.74, 6) is -2.87. The summed E-state index contributed by atoms with van der Waals surface area (Å²) in [6, 6.07) is 0.172. The molecule has 0 aliphatic carbocycles. The highest BCUT2D eigenvalue weighted by atomic mass is 32.2. The van der Waals surface area contributed by atoms with Crippen LogP contribution in [0.3, 0.4) is 0 Å². The minimum Gasteiger partial charge on any atom is -0.477 e. The molecule has 2 aliphatic heterocycles. The average molecular weight is 462 g/mol. The summed E-state index contributed by atoms with van der Waals surface area (Å²) in [6.45, 7) is 0. The van der Waals surface area contributed by atoms with Crippen LogP contribution in [0.2, 0.25) is 0 Å². The summed E-state index contributed by atoms with van der Waals surface area (Å²) >= 11 is 2.02. The number of amides is 2. The molecule has 31 heavy (non-hydrogen) atoms. The average Bonchev–Trinajstić information content (AvgIpc) is 3.18. The van der Waals surface area contributed by atoms with Gasteiger partial charge in [0.05, 0.1) is 18.4 Å². The summed E-state index contributed by atoms with van der Waals surface area (Å²) in [5.41, 5.74) is 4.86. The molecule has 0 bridgehead atoms. The van der Waals surface area contributed by atoms with E-state index in [1.807, 2.05) is 0 Å². The molecule has 2 aliphatic rings. The predicted octanol–water partition coefficient (Wildman–Crippen LogP) is -0.333. The lowest BCUT2D eigenvalue weighted by Crippen LogP contribution is -2.72. The number of thioether (sulfide) groups is 1. The zero-order chi connectivity index (χ0) is 22.1. The topological polar surface area (TPSA) is 197 Å². The Balaban J connectivity index is 1.52. The number of carboxylic acid groups (broad SMARTS) is 1. The molecule has 2 unspecified atom stereocenters. The van der Waals surface area contributed by atoms with Gasteiger partial charge in [0, 0.05) is 21.3 Å². The van der Waals surface area contributed by atoms with Crippen LogP contribution < -0.4 is 11.1 Å². The highest BCUT2D eigenvalue weighted by Gasteiger charge is 2.53. The van der Waals surface area contributed by atoms with Gasteiger partial charge in [-0.2, -0.15) is 19.6 Å². The fourth-order valence-corrected chi connectivity index (χ4v) is 4.79. The number of hydrogen-bond acceptors (Lipinski definition) is 12. The van der Waals surface area contributed by atoms with E-state index in [0.717, 1.165) is 11.5 Å². The lowest BCUT2D eigenvalue weighted by molar-refractivity contribution is -0.155. The van der Waals surface area contributed by atoms with Crippen molar-refractivity contribution in [1.29, 1.82) is 0 Å². The van der Waals surface area contributed by atoms with E-state index in [2.05, 4.69) is 30.0 Å². The fourth-order valence-electron chi connectivity index (χ4n) is 3.34. The van der Waals surface area contributed by atoms with Gasteiger partial charge >= 0.3 is 5.97 Å². The second-order valence-electron chi connectivity index (χ2n) is 6.43. The summed E-state index contributed by atoms with van der Waals surface area (Å²) in [5, 5.41) is 31.8. The number of allylic oxidation sites excluding steroid dienone is 1. The molecule has 0 spiro atoms. The van der Waals surface area contributed by atoms with E-state index in [4.69, 9.17) is 10.9 Å². The Morgan fingerprint density at radius 1 is 1.39 bits per heavy atom. The smallest absolute Gasteiger partial charge is 0.353 e. The van der Waals surface area contributed by atoms with Gasteiger partial charge in [0.1, 0.15) is 11.7 Å². The van der Waals surface area contributed by atoms with Crippen molar-refractivity contribution >= 4 is 51.9 Å². The van der Waals surface area contributed by atoms with Crippen molar-refractivity contribution in [3.05, 3.63) is 34.9 Å². The number of anilines is 1. The van der Waals surface area contributed by atoms with Gasteiger partial charge in [-0.15, -0.1) is 0 Å². The van der Waals surface area contributed by atoms with Gasteiger partial charge in [-0.1, -0.05) is 16.9 Å². The SMILES string of the molecule is Nc1nc(/C(=N/O)C(=O)NC2C(=O)N3C(C(=O)O)=C(Sc4ccnnc4)CCC23)ns1. The van der Waals surface area contributed by atoms with E-state index < -0.39 is 35.6 Å². The normalized spacial score (nSPS) is 20.8. The van der Waals surface area contributed by atoms with Crippen LogP contribution in [-0.4, -0.2) is 70.3 Å². The van der Waals surface area contributed by atoms with Gasteiger partial charge in [0.25, 0.3) is 11.8 Å². The van der Waals surface area contributed by atoms with Crippen LogP contribution in [0.15, 0.2) is 39.1 Å². The number of nitrogens with zero attached hydrogens (tertiary/aromatic N) is 6. The second-order valence-corrected chi connectivity index (χ2v) is 8.38. The molecule has 5 N–H and O–H groups in total. The number of nitrogen functional groups attached to an aromatic ring is 1. The van der Waals surface area contributed by atoms with Crippen LogP contribution in [-0.2, 0) is 14.4 Å². The molecule has 4 heterocycles. The number of hydrogen-bond donors (Lipinski definition) is 4. The zero-order valence-electron chi connectivity index (χ0n) is 15.5. The first-order valence-electron chi connectivity index (χ1n) is 8.77. The Morgan fingerprint density at radius 2 is 2.19 bits per heavy atom. The third kappa shape index (κ3) is 3.79. The fraction of sp³-hybridized carbons (Fsp3) is 0.250. The largest absolute Gasteiger partial charge is 0.477 e. The van der Waals surface area contributed by atoms with Crippen LogP contribution in [0.5, 0.6) is 0 Å². The minimum atomic E-state index is -1.24. The standard InChI is InChI=1S/C16H14N8O5S2/c17-16-21-12(23-31-16)10(22-29)13(25)20-9-7-1-2-8(30-6-3-4-18-19-5-6)11(15(27)28)24(7)14(9)26/h3-5,7,9,29H,1-2H2,(H,20,25)(H,27,28)(H2,17,21,23)/b22-10-. The van der Waals surface area contributed by atoms with Crippen LogP contribution in [0.1, 0.15) is 18.7 Å². The van der Waals surface area contributed by atoms with Crippen LogP contribution in [0, 0.1) is 0 Å². The van der Waals surface area contributed by atoms with E-state index in [9.17, 15) is 19.5 Å². The maximum absolute atomic E-state index is 12.7. The van der Waals surface area contributed by atoms with Gasteiger partial charge in [0.15, 0.2) is 5.13 Å². The molecule has 15 heteroatoms. The zero-order valence-corrected chi connectivity index (χ0v) is 17.1. The number of oxime groups is 1.